The van der Waals surface area contributed by atoms with Crippen LogP contribution in [-0.2, 0) is 9.53 Å². The number of fused-ring (bicyclic) bond motifs is 1. The summed E-state index contributed by atoms with van der Waals surface area (Å²) in [6.07, 6.45) is 2.12. The Kier molecular flexibility index (Phi) is 6.91. The standard InChI is InChI=1S/C31H26N4O3/c1-19-6-10-22(11-7-19)28-29(23-12-8-20(2)9-13-23)35-27-17-24(14-15-26(27)34-28)31(37)38-21(3)30(36)33-25-5-4-16-32-18-25/h4-18,21H,1-3H3,(H,33,36). The zero-order valence-corrected chi connectivity index (χ0v) is 21.3. The summed E-state index contributed by atoms with van der Waals surface area (Å²) in [6.45, 7) is 5.60. The number of nitrogens with zero attached hydrogens (tertiary/aromatic N) is 3. The highest BCUT2D eigenvalue weighted by molar-refractivity contribution is 5.99. The maximum atomic E-state index is 12.9. The fourth-order valence-corrected chi connectivity index (χ4v) is 3.97. The van der Waals surface area contributed by atoms with Crippen LogP contribution in [0.15, 0.2) is 91.3 Å². The largest absolute Gasteiger partial charge is 0.449 e. The third kappa shape index (κ3) is 5.42. The molecule has 2 aromatic heterocycles. The molecule has 5 rings (SSSR count). The van der Waals surface area contributed by atoms with Crippen molar-refractivity contribution < 1.29 is 14.3 Å². The first kappa shape index (κ1) is 24.8. The Morgan fingerprint density at radius 2 is 1.39 bits per heavy atom. The van der Waals surface area contributed by atoms with Crippen LogP contribution in [0, 0.1) is 13.8 Å². The first-order valence-corrected chi connectivity index (χ1v) is 12.2. The van der Waals surface area contributed by atoms with Crippen LogP contribution < -0.4 is 5.32 Å². The molecule has 1 amide bonds. The average Bonchev–Trinajstić information content (AvgIpc) is 2.93. The van der Waals surface area contributed by atoms with Crippen LogP contribution in [0.25, 0.3) is 33.5 Å². The van der Waals surface area contributed by atoms with E-state index in [4.69, 9.17) is 14.7 Å². The third-order valence-corrected chi connectivity index (χ3v) is 6.13. The van der Waals surface area contributed by atoms with Crippen molar-refractivity contribution in [3.05, 3.63) is 108 Å². The van der Waals surface area contributed by atoms with E-state index in [1.807, 2.05) is 62.4 Å². The Labute approximate surface area is 220 Å². The van der Waals surface area contributed by atoms with E-state index in [-0.39, 0.29) is 5.56 Å². The van der Waals surface area contributed by atoms with Gasteiger partial charge < -0.3 is 10.1 Å². The van der Waals surface area contributed by atoms with E-state index in [1.165, 1.54) is 13.1 Å². The number of hydrogen-bond donors (Lipinski definition) is 1. The molecule has 0 spiro atoms. The van der Waals surface area contributed by atoms with Crippen LogP contribution in [-0.4, -0.2) is 32.9 Å². The maximum absolute atomic E-state index is 12.9. The number of pyridine rings is 1. The van der Waals surface area contributed by atoms with Crippen molar-refractivity contribution in [3.8, 4) is 22.5 Å². The summed E-state index contributed by atoms with van der Waals surface area (Å²) >= 11 is 0. The van der Waals surface area contributed by atoms with Gasteiger partial charge in [0.15, 0.2) is 6.10 Å². The second-order valence-corrected chi connectivity index (χ2v) is 9.13. The van der Waals surface area contributed by atoms with Crippen molar-refractivity contribution in [2.24, 2.45) is 0 Å². The normalized spacial score (nSPS) is 11.7. The van der Waals surface area contributed by atoms with Gasteiger partial charge in [0.25, 0.3) is 5.91 Å². The van der Waals surface area contributed by atoms with Gasteiger partial charge in [0, 0.05) is 17.3 Å². The number of benzene rings is 3. The summed E-state index contributed by atoms with van der Waals surface area (Å²) in [5.74, 6) is -1.07. The van der Waals surface area contributed by atoms with Crippen molar-refractivity contribution in [1.82, 2.24) is 15.0 Å². The van der Waals surface area contributed by atoms with Crippen molar-refractivity contribution in [2.75, 3.05) is 5.32 Å². The number of ether oxygens (including phenoxy) is 1. The molecule has 0 saturated carbocycles. The molecule has 0 saturated heterocycles. The lowest BCUT2D eigenvalue weighted by Gasteiger charge is -2.14. The van der Waals surface area contributed by atoms with E-state index in [0.29, 0.717) is 16.7 Å². The SMILES string of the molecule is Cc1ccc(-c2nc3ccc(C(=O)OC(C)C(=O)Nc4cccnc4)cc3nc2-c2ccc(C)cc2)cc1. The van der Waals surface area contributed by atoms with Crippen molar-refractivity contribution in [1.29, 1.82) is 0 Å². The van der Waals surface area contributed by atoms with Crippen molar-refractivity contribution in [2.45, 2.75) is 26.9 Å². The zero-order valence-electron chi connectivity index (χ0n) is 21.3. The molecule has 0 fully saturated rings. The van der Waals surface area contributed by atoms with Crippen molar-refractivity contribution >= 4 is 28.6 Å². The van der Waals surface area contributed by atoms with Crippen LogP contribution in [0.3, 0.4) is 0 Å². The minimum atomic E-state index is -1.00. The maximum Gasteiger partial charge on any atom is 0.338 e. The molecular weight excluding hydrogens is 476 g/mol. The van der Waals surface area contributed by atoms with E-state index in [2.05, 4.69) is 10.3 Å². The number of aryl methyl sites for hydroxylation is 2. The molecule has 7 nitrogen and oxygen atoms in total. The molecule has 0 aliphatic heterocycles. The predicted molar refractivity (Wildman–Crippen MR) is 148 cm³/mol. The number of rotatable bonds is 6. The number of carbonyl (C=O) groups excluding carboxylic acids is 2. The summed E-state index contributed by atoms with van der Waals surface area (Å²) in [7, 11) is 0. The molecule has 7 heteroatoms. The third-order valence-electron chi connectivity index (χ3n) is 6.13. The molecule has 0 aliphatic rings. The Morgan fingerprint density at radius 3 is 1.97 bits per heavy atom. The topological polar surface area (TPSA) is 94.1 Å². The Hall–Kier alpha value is -4.91. The fourth-order valence-electron chi connectivity index (χ4n) is 3.97. The minimum absolute atomic E-state index is 0.283. The Bertz CT molecular complexity index is 1620. The zero-order chi connectivity index (χ0) is 26.6. The monoisotopic (exact) mass is 502 g/mol. The van der Waals surface area contributed by atoms with Gasteiger partial charge in [-0.2, -0.15) is 0 Å². The smallest absolute Gasteiger partial charge is 0.338 e. The molecule has 38 heavy (non-hydrogen) atoms. The molecule has 3 aromatic carbocycles. The molecule has 1 atom stereocenters. The van der Waals surface area contributed by atoms with Crippen LogP contribution in [0.4, 0.5) is 5.69 Å². The van der Waals surface area contributed by atoms with Gasteiger partial charge in [0.1, 0.15) is 0 Å². The molecule has 0 bridgehead atoms. The van der Waals surface area contributed by atoms with Gasteiger partial charge >= 0.3 is 5.97 Å². The first-order valence-electron chi connectivity index (χ1n) is 12.2. The predicted octanol–water partition coefficient (Wildman–Crippen LogP) is 6.16. The summed E-state index contributed by atoms with van der Waals surface area (Å²) in [5, 5.41) is 2.68. The number of carbonyl (C=O) groups is 2. The van der Waals surface area contributed by atoms with Gasteiger partial charge in [-0.15, -0.1) is 0 Å². The lowest BCUT2D eigenvalue weighted by Crippen LogP contribution is -2.30. The fraction of sp³-hybridized carbons (Fsp3) is 0.129. The molecule has 2 heterocycles. The highest BCUT2D eigenvalue weighted by Gasteiger charge is 2.20. The number of nitrogens with one attached hydrogen (secondary N) is 1. The summed E-state index contributed by atoms with van der Waals surface area (Å²) in [4.78, 5) is 39.2. The molecular formula is C31H26N4O3. The van der Waals surface area contributed by atoms with Crippen LogP contribution in [0.1, 0.15) is 28.4 Å². The molecule has 188 valence electrons. The molecule has 1 unspecified atom stereocenters. The van der Waals surface area contributed by atoms with Crippen LogP contribution in [0.5, 0.6) is 0 Å². The quantitative estimate of drug-likeness (QED) is 0.280. The summed E-state index contributed by atoms with van der Waals surface area (Å²) in [6, 6.07) is 24.7. The average molecular weight is 503 g/mol. The van der Waals surface area contributed by atoms with E-state index in [0.717, 1.165) is 33.6 Å². The number of aromatic nitrogens is 3. The lowest BCUT2D eigenvalue weighted by atomic mass is 10.0. The first-order chi connectivity index (χ1) is 18.4. The lowest BCUT2D eigenvalue weighted by molar-refractivity contribution is -0.123. The van der Waals surface area contributed by atoms with Crippen LogP contribution >= 0.6 is 0 Å². The van der Waals surface area contributed by atoms with E-state index in [9.17, 15) is 9.59 Å². The van der Waals surface area contributed by atoms with Gasteiger partial charge in [-0.1, -0.05) is 59.7 Å². The molecule has 5 aromatic rings. The van der Waals surface area contributed by atoms with E-state index >= 15 is 0 Å². The summed E-state index contributed by atoms with van der Waals surface area (Å²) < 4.78 is 5.43. The molecule has 1 N–H and O–H groups in total. The van der Waals surface area contributed by atoms with E-state index < -0.39 is 18.0 Å². The van der Waals surface area contributed by atoms with Gasteiger partial charge in [-0.05, 0) is 51.1 Å². The number of anilines is 1. The molecule has 0 radical (unpaired) electrons. The Morgan fingerprint density at radius 1 is 0.789 bits per heavy atom. The van der Waals surface area contributed by atoms with Crippen LogP contribution in [0.2, 0.25) is 0 Å². The second-order valence-electron chi connectivity index (χ2n) is 9.13. The number of esters is 1. The summed E-state index contributed by atoms with van der Waals surface area (Å²) in [5.41, 5.74) is 7.67. The van der Waals surface area contributed by atoms with Gasteiger partial charge in [-0.3, -0.25) is 9.78 Å². The Balaban J connectivity index is 1.46. The second kappa shape index (κ2) is 10.6. The highest BCUT2D eigenvalue weighted by atomic mass is 16.5. The van der Waals surface area contributed by atoms with E-state index in [1.54, 1.807) is 36.5 Å². The van der Waals surface area contributed by atoms with Gasteiger partial charge in [0.2, 0.25) is 0 Å². The highest BCUT2D eigenvalue weighted by Crippen LogP contribution is 2.31. The van der Waals surface area contributed by atoms with Gasteiger partial charge in [-0.25, -0.2) is 14.8 Å². The minimum Gasteiger partial charge on any atom is -0.449 e. The number of hydrogen-bond acceptors (Lipinski definition) is 6. The van der Waals surface area contributed by atoms with Crippen molar-refractivity contribution in [3.63, 3.8) is 0 Å². The number of amides is 1. The van der Waals surface area contributed by atoms with Gasteiger partial charge in [0.05, 0.1) is 39.9 Å². The molecule has 0 aliphatic carbocycles.